The quantitative estimate of drug-likeness (QED) is 0.669. The Morgan fingerprint density at radius 3 is 2.81 bits per heavy atom. The SMILES string of the molecule is CCCNC(c1ccc(-c2cc(Br)ccc2C)s1)C1CC1. The maximum absolute atomic E-state index is 3.74. The number of benzene rings is 1. The lowest BCUT2D eigenvalue weighted by atomic mass is 10.1. The van der Waals surface area contributed by atoms with Crippen LogP contribution in [0.1, 0.15) is 42.7 Å². The van der Waals surface area contributed by atoms with E-state index in [2.05, 4.69) is 65.4 Å². The molecule has 0 bridgehead atoms. The van der Waals surface area contributed by atoms with E-state index in [9.17, 15) is 0 Å². The predicted octanol–water partition coefficient (Wildman–Crippen LogP) is 5.94. The van der Waals surface area contributed by atoms with E-state index in [-0.39, 0.29) is 0 Å². The van der Waals surface area contributed by atoms with Crippen molar-refractivity contribution in [2.75, 3.05) is 6.54 Å². The zero-order valence-electron chi connectivity index (χ0n) is 12.7. The van der Waals surface area contributed by atoms with E-state index in [4.69, 9.17) is 0 Å². The van der Waals surface area contributed by atoms with Crippen molar-refractivity contribution in [3.8, 4) is 10.4 Å². The summed E-state index contributed by atoms with van der Waals surface area (Å²) >= 11 is 5.54. The summed E-state index contributed by atoms with van der Waals surface area (Å²) < 4.78 is 1.15. The second kappa shape index (κ2) is 6.64. The highest BCUT2D eigenvalue weighted by Gasteiger charge is 2.32. The van der Waals surface area contributed by atoms with Gasteiger partial charge < -0.3 is 5.32 Å². The minimum absolute atomic E-state index is 0.566. The lowest BCUT2D eigenvalue weighted by Crippen LogP contribution is -2.22. The van der Waals surface area contributed by atoms with Gasteiger partial charge in [-0.15, -0.1) is 11.3 Å². The summed E-state index contributed by atoms with van der Waals surface area (Å²) in [5.74, 6) is 0.853. The second-order valence-electron chi connectivity index (χ2n) is 5.93. The molecule has 21 heavy (non-hydrogen) atoms. The molecule has 0 spiro atoms. The van der Waals surface area contributed by atoms with Gasteiger partial charge in [0, 0.05) is 20.3 Å². The zero-order valence-corrected chi connectivity index (χ0v) is 15.1. The van der Waals surface area contributed by atoms with Gasteiger partial charge in [0.25, 0.3) is 0 Å². The first-order valence-electron chi connectivity index (χ1n) is 7.78. The third-order valence-corrected chi connectivity index (χ3v) is 5.80. The highest BCUT2D eigenvalue weighted by Crippen LogP contribution is 2.44. The van der Waals surface area contributed by atoms with Gasteiger partial charge in [-0.25, -0.2) is 0 Å². The molecule has 1 aromatic carbocycles. The van der Waals surface area contributed by atoms with Crippen molar-refractivity contribution in [2.45, 2.75) is 39.2 Å². The van der Waals surface area contributed by atoms with Crippen molar-refractivity contribution in [2.24, 2.45) is 5.92 Å². The topological polar surface area (TPSA) is 12.0 Å². The van der Waals surface area contributed by atoms with Crippen LogP contribution in [0.5, 0.6) is 0 Å². The van der Waals surface area contributed by atoms with Crippen LogP contribution in [0.25, 0.3) is 10.4 Å². The molecule has 112 valence electrons. The fraction of sp³-hybridized carbons (Fsp3) is 0.444. The third-order valence-electron chi connectivity index (χ3n) is 4.11. The van der Waals surface area contributed by atoms with Gasteiger partial charge in [0.15, 0.2) is 0 Å². The van der Waals surface area contributed by atoms with Crippen molar-refractivity contribution in [3.05, 3.63) is 45.2 Å². The molecule has 1 nitrogen and oxygen atoms in total. The Morgan fingerprint density at radius 1 is 1.29 bits per heavy atom. The van der Waals surface area contributed by atoms with E-state index in [1.165, 1.54) is 40.1 Å². The standard InChI is InChI=1S/C18H22BrNS/c1-3-10-20-18(13-5-6-13)17-9-8-16(21-17)15-11-14(19)7-4-12(15)2/h4,7-9,11,13,18,20H,3,5-6,10H2,1-2H3. The molecule has 1 aromatic heterocycles. The van der Waals surface area contributed by atoms with Crippen LogP contribution in [0.3, 0.4) is 0 Å². The number of hydrogen-bond acceptors (Lipinski definition) is 2. The van der Waals surface area contributed by atoms with Gasteiger partial charge >= 0.3 is 0 Å². The Kier molecular flexibility index (Phi) is 4.82. The van der Waals surface area contributed by atoms with Crippen molar-refractivity contribution < 1.29 is 0 Å². The lowest BCUT2D eigenvalue weighted by Gasteiger charge is -2.16. The van der Waals surface area contributed by atoms with Gasteiger partial charge in [0.1, 0.15) is 0 Å². The normalized spacial score (nSPS) is 16.1. The molecule has 1 fully saturated rings. The molecule has 1 unspecified atom stereocenters. The summed E-state index contributed by atoms with van der Waals surface area (Å²) in [6, 6.07) is 11.7. The zero-order chi connectivity index (χ0) is 14.8. The van der Waals surface area contributed by atoms with Crippen molar-refractivity contribution in [3.63, 3.8) is 0 Å². The van der Waals surface area contributed by atoms with Crippen LogP contribution in [0, 0.1) is 12.8 Å². The number of hydrogen-bond donors (Lipinski definition) is 1. The van der Waals surface area contributed by atoms with E-state index in [0.717, 1.165) is 16.9 Å². The number of aryl methyl sites for hydroxylation is 1. The third kappa shape index (κ3) is 3.58. The molecule has 2 aromatic rings. The molecule has 0 amide bonds. The lowest BCUT2D eigenvalue weighted by molar-refractivity contribution is 0.488. The van der Waals surface area contributed by atoms with Gasteiger partial charge in [0.2, 0.25) is 0 Å². The molecule has 3 rings (SSSR count). The molecule has 1 heterocycles. The van der Waals surface area contributed by atoms with E-state index in [0.29, 0.717) is 6.04 Å². The first kappa shape index (κ1) is 15.3. The van der Waals surface area contributed by atoms with Crippen LogP contribution in [0.4, 0.5) is 0 Å². The minimum atomic E-state index is 0.566. The smallest absolute Gasteiger partial charge is 0.0443 e. The average Bonchev–Trinajstić information content (AvgIpc) is 3.19. The maximum atomic E-state index is 3.74. The van der Waals surface area contributed by atoms with E-state index in [1.54, 1.807) is 0 Å². The first-order chi connectivity index (χ1) is 10.2. The van der Waals surface area contributed by atoms with Gasteiger partial charge in [0.05, 0.1) is 0 Å². The van der Waals surface area contributed by atoms with Crippen LogP contribution < -0.4 is 5.32 Å². The van der Waals surface area contributed by atoms with Crippen molar-refractivity contribution in [1.29, 1.82) is 0 Å². The molecule has 1 N–H and O–H groups in total. The molecule has 0 radical (unpaired) electrons. The molecular weight excluding hydrogens is 342 g/mol. The summed E-state index contributed by atoms with van der Waals surface area (Å²) in [5.41, 5.74) is 2.70. The molecule has 1 aliphatic carbocycles. The number of nitrogens with one attached hydrogen (secondary N) is 1. The van der Waals surface area contributed by atoms with Gasteiger partial charge in [-0.1, -0.05) is 28.9 Å². The molecule has 1 atom stereocenters. The van der Waals surface area contributed by atoms with E-state index in [1.807, 2.05) is 11.3 Å². The first-order valence-corrected chi connectivity index (χ1v) is 9.39. The fourth-order valence-corrected chi connectivity index (χ4v) is 4.37. The summed E-state index contributed by atoms with van der Waals surface area (Å²) in [7, 11) is 0. The number of rotatable bonds is 6. The average molecular weight is 364 g/mol. The monoisotopic (exact) mass is 363 g/mol. The molecule has 1 saturated carbocycles. The van der Waals surface area contributed by atoms with E-state index >= 15 is 0 Å². The maximum Gasteiger partial charge on any atom is 0.0443 e. The Labute approximate surface area is 139 Å². The van der Waals surface area contributed by atoms with Crippen LogP contribution in [0.15, 0.2) is 34.8 Å². The van der Waals surface area contributed by atoms with Crippen molar-refractivity contribution >= 4 is 27.3 Å². The fourth-order valence-electron chi connectivity index (χ4n) is 2.75. The number of thiophene rings is 1. The van der Waals surface area contributed by atoms with Crippen molar-refractivity contribution in [1.82, 2.24) is 5.32 Å². The van der Waals surface area contributed by atoms with Crippen LogP contribution in [-0.2, 0) is 0 Å². The van der Waals surface area contributed by atoms with Gasteiger partial charge in [-0.05, 0) is 74.0 Å². The Balaban J connectivity index is 1.86. The van der Waals surface area contributed by atoms with E-state index < -0.39 is 0 Å². The largest absolute Gasteiger partial charge is 0.309 e. The number of halogens is 1. The van der Waals surface area contributed by atoms with Crippen LogP contribution >= 0.6 is 27.3 Å². The predicted molar refractivity (Wildman–Crippen MR) is 96.0 cm³/mol. The highest BCUT2D eigenvalue weighted by molar-refractivity contribution is 9.10. The molecule has 1 aliphatic rings. The highest BCUT2D eigenvalue weighted by atomic mass is 79.9. The van der Waals surface area contributed by atoms with Gasteiger partial charge in [-0.3, -0.25) is 0 Å². The Morgan fingerprint density at radius 2 is 2.10 bits per heavy atom. The summed E-state index contributed by atoms with van der Waals surface area (Å²) in [6.45, 7) is 5.54. The molecule has 3 heteroatoms. The summed E-state index contributed by atoms with van der Waals surface area (Å²) in [4.78, 5) is 2.88. The van der Waals surface area contributed by atoms with Crippen LogP contribution in [0.2, 0.25) is 0 Å². The summed E-state index contributed by atoms with van der Waals surface area (Å²) in [6.07, 6.45) is 3.96. The molecular formula is C18H22BrNS. The summed E-state index contributed by atoms with van der Waals surface area (Å²) in [5, 5.41) is 3.74. The van der Waals surface area contributed by atoms with Crippen LogP contribution in [-0.4, -0.2) is 6.54 Å². The molecule has 0 aliphatic heterocycles. The molecule has 0 saturated heterocycles. The Bertz CT molecular complexity index is 615. The van der Waals surface area contributed by atoms with Gasteiger partial charge in [-0.2, -0.15) is 0 Å². The second-order valence-corrected chi connectivity index (χ2v) is 7.96. The Hall–Kier alpha value is -0.640. The minimum Gasteiger partial charge on any atom is -0.309 e.